The summed E-state index contributed by atoms with van der Waals surface area (Å²) >= 11 is 1.59. The molecular formula is C17H23NO3S. The van der Waals surface area contributed by atoms with E-state index in [1.165, 1.54) is 30.4 Å². The summed E-state index contributed by atoms with van der Waals surface area (Å²) in [6.07, 6.45) is 8.94. The first-order valence-electron chi connectivity index (χ1n) is 8.17. The Morgan fingerprint density at radius 1 is 1.14 bits per heavy atom. The molecule has 0 unspecified atom stereocenters. The molecule has 1 heterocycles. The van der Waals surface area contributed by atoms with Crippen molar-refractivity contribution in [2.75, 3.05) is 7.11 Å². The van der Waals surface area contributed by atoms with Crippen LogP contribution in [0.1, 0.15) is 65.1 Å². The van der Waals surface area contributed by atoms with E-state index in [-0.39, 0.29) is 11.9 Å². The molecule has 0 atom stereocenters. The Bertz CT molecular complexity index is 549. The number of fused-ring (bicyclic) bond motifs is 1. The van der Waals surface area contributed by atoms with Crippen molar-refractivity contribution in [1.82, 2.24) is 5.32 Å². The van der Waals surface area contributed by atoms with Crippen LogP contribution in [0.25, 0.3) is 0 Å². The number of esters is 1. The fourth-order valence-electron chi connectivity index (χ4n) is 3.61. The van der Waals surface area contributed by atoms with E-state index >= 15 is 0 Å². The molecule has 1 aromatic rings. The van der Waals surface area contributed by atoms with Gasteiger partial charge in [0.25, 0.3) is 5.91 Å². The number of aryl methyl sites for hydroxylation is 2. The van der Waals surface area contributed by atoms with Crippen molar-refractivity contribution in [3.05, 3.63) is 21.4 Å². The van der Waals surface area contributed by atoms with Crippen LogP contribution in [0.4, 0.5) is 0 Å². The van der Waals surface area contributed by atoms with Crippen molar-refractivity contribution in [3.8, 4) is 0 Å². The van der Waals surface area contributed by atoms with E-state index < -0.39 is 5.54 Å². The molecule has 2 aliphatic rings. The smallest absolute Gasteiger partial charge is 0.331 e. The van der Waals surface area contributed by atoms with Gasteiger partial charge in [-0.15, -0.1) is 11.3 Å². The van der Waals surface area contributed by atoms with E-state index in [2.05, 4.69) is 5.32 Å². The van der Waals surface area contributed by atoms with Crippen LogP contribution >= 0.6 is 11.3 Å². The Hall–Kier alpha value is -1.36. The Labute approximate surface area is 135 Å². The molecule has 0 aromatic carbocycles. The molecule has 5 heteroatoms. The summed E-state index contributed by atoms with van der Waals surface area (Å²) in [4.78, 5) is 26.9. The third-order valence-corrected chi connectivity index (χ3v) is 6.09. The minimum atomic E-state index is -0.825. The summed E-state index contributed by atoms with van der Waals surface area (Å²) in [6, 6.07) is 2.02. The molecule has 0 radical (unpaired) electrons. The molecule has 0 bridgehead atoms. The third kappa shape index (κ3) is 2.91. The lowest BCUT2D eigenvalue weighted by molar-refractivity contribution is -0.149. The van der Waals surface area contributed by atoms with Crippen LogP contribution in [0.3, 0.4) is 0 Å². The fourth-order valence-corrected chi connectivity index (χ4v) is 4.76. The van der Waals surface area contributed by atoms with Crippen molar-refractivity contribution in [2.24, 2.45) is 0 Å². The van der Waals surface area contributed by atoms with Crippen LogP contribution in [-0.2, 0) is 22.4 Å². The van der Waals surface area contributed by atoms with Crippen LogP contribution in [0.2, 0.25) is 0 Å². The van der Waals surface area contributed by atoms with Gasteiger partial charge in [-0.1, -0.05) is 19.3 Å². The molecule has 1 N–H and O–H groups in total. The van der Waals surface area contributed by atoms with Gasteiger partial charge < -0.3 is 10.1 Å². The van der Waals surface area contributed by atoms with Gasteiger partial charge in [-0.3, -0.25) is 4.79 Å². The Morgan fingerprint density at radius 2 is 1.86 bits per heavy atom. The van der Waals surface area contributed by atoms with Crippen molar-refractivity contribution in [2.45, 2.75) is 63.3 Å². The van der Waals surface area contributed by atoms with Gasteiger partial charge >= 0.3 is 5.97 Å². The second-order valence-electron chi connectivity index (χ2n) is 6.35. The highest BCUT2D eigenvalue weighted by Crippen LogP contribution is 2.32. The number of amides is 1. The predicted molar refractivity (Wildman–Crippen MR) is 86.3 cm³/mol. The lowest BCUT2D eigenvalue weighted by Crippen LogP contribution is -2.56. The molecule has 22 heavy (non-hydrogen) atoms. The van der Waals surface area contributed by atoms with Gasteiger partial charge in [-0.05, 0) is 50.2 Å². The maximum Gasteiger partial charge on any atom is 0.331 e. The highest BCUT2D eigenvalue weighted by Gasteiger charge is 2.42. The molecule has 1 amide bonds. The van der Waals surface area contributed by atoms with Gasteiger partial charge in [0.2, 0.25) is 0 Å². The van der Waals surface area contributed by atoms with Gasteiger partial charge in [0.15, 0.2) is 0 Å². The number of hydrogen-bond donors (Lipinski definition) is 1. The summed E-state index contributed by atoms with van der Waals surface area (Å²) in [7, 11) is 1.40. The van der Waals surface area contributed by atoms with Crippen LogP contribution in [0.5, 0.6) is 0 Å². The quantitative estimate of drug-likeness (QED) is 0.870. The lowest BCUT2D eigenvalue weighted by Gasteiger charge is -2.35. The van der Waals surface area contributed by atoms with Gasteiger partial charge in [0.1, 0.15) is 5.54 Å². The highest BCUT2D eigenvalue weighted by molar-refractivity contribution is 7.14. The summed E-state index contributed by atoms with van der Waals surface area (Å²) < 4.78 is 4.96. The van der Waals surface area contributed by atoms with E-state index in [4.69, 9.17) is 4.74 Å². The molecule has 120 valence electrons. The monoisotopic (exact) mass is 321 g/mol. The fraction of sp³-hybridized carbons (Fsp3) is 0.647. The first-order chi connectivity index (χ1) is 10.6. The molecule has 0 saturated heterocycles. The van der Waals surface area contributed by atoms with E-state index in [1.54, 1.807) is 11.3 Å². The minimum absolute atomic E-state index is 0.119. The van der Waals surface area contributed by atoms with Crippen molar-refractivity contribution >= 4 is 23.2 Å². The standard InChI is InChI=1S/C17H23NO3S/c1-21-16(20)17(9-5-2-6-10-17)18-15(19)14-11-12-7-3-4-8-13(12)22-14/h11H,2-10H2,1H3,(H,18,19). The van der Waals surface area contributed by atoms with E-state index in [1.807, 2.05) is 6.07 Å². The van der Waals surface area contributed by atoms with E-state index in [9.17, 15) is 9.59 Å². The number of carbonyl (C=O) groups excluding carboxylic acids is 2. The van der Waals surface area contributed by atoms with E-state index in [0.717, 1.165) is 37.0 Å². The second kappa shape index (κ2) is 6.41. The number of ether oxygens (including phenoxy) is 1. The SMILES string of the molecule is COC(=O)C1(NC(=O)c2cc3c(s2)CCCC3)CCCCC1. The molecule has 4 nitrogen and oxygen atoms in total. The summed E-state index contributed by atoms with van der Waals surface area (Å²) in [5.74, 6) is -0.423. The third-order valence-electron chi connectivity index (χ3n) is 4.86. The number of carbonyl (C=O) groups is 2. The molecule has 0 spiro atoms. The van der Waals surface area contributed by atoms with Crippen molar-refractivity contribution < 1.29 is 14.3 Å². The van der Waals surface area contributed by atoms with Gasteiger partial charge in [-0.25, -0.2) is 4.79 Å². The molecule has 1 fully saturated rings. The zero-order valence-electron chi connectivity index (χ0n) is 13.1. The lowest BCUT2D eigenvalue weighted by atomic mass is 9.81. The van der Waals surface area contributed by atoms with Gasteiger partial charge in [0.05, 0.1) is 12.0 Å². The van der Waals surface area contributed by atoms with Crippen LogP contribution in [-0.4, -0.2) is 24.5 Å². The molecular weight excluding hydrogens is 298 g/mol. The Balaban J connectivity index is 1.78. The first kappa shape index (κ1) is 15.5. The molecule has 1 aromatic heterocycles. The van der Waals surface area contributed by atoms with Gasteiger partial charge in [0, 0.05) is 4.88 Å². The average molecular weight is 321 g/mol. The summed E-state index contributed by atoms with van der Waals surface area (Å²) in [5, 5.41) is 3.01. The Morgan fingerprint density at radius 3 is 2.55 bits per heavy atom. The van der Waals surface area contributed by atoms with Gasteiger partial charge in [-0.2, -0.15) is 0 Å². The number of rotatable bonds is 3. The van der Waals surface area contributed by atoms with Crippen molar-refractivity contribution in [1.29, 1.82) is 0 Å². The van der Waals surface area contributed by atoms with Crippen LogP contribution in [0, 0.1) is 0 Å². The maximum absolute atomic E-state index is 12.6. The number of methoxy groups -OCH3 is 1. The minimum Gasteiger partial charge on any atom is -0.467 e. The summed E-state index contributed by atoms with van der Waals surface area (Å²) in [5.41, 5.74) is 0.492. The zero-order chi connectivity index (χ0) is 15.6. The zero-order valence-corrected chi connectivity index (χ0v) is 13.9. The topological polar surface area (TPSA) is 55.4 Å². The predicted octanol–water partition coefficient (Wildman–Crippen LogP) is 3.23. The highest BCUT2D eigenvalue weighted by atomic mass is 32.1. The summed E-state index contributed by atoms with van der Waals surface area (Å²) in [6.45, 7) is 0. The Kier molecular flexibility index (Phi) is 4.52. The normalized spacial score (nSPS) is 20.0. The van der Waals surface area contributed by atoms with Crippen LogP contribution < -0.4 is 5.32 Å². The first-order valence-corrected chi connectivity index (χ1v) is 8.99. The number of hydrogen-bond acceptors (Lipinski definition) is 4. The molecule has 2 aliphatic carbocycles. The average Bonchev–Trinajstić information content (AvgIpc) is 2.99. The number of nitrogens with one attached hydrogen (secondary N) is 1. The second-order valence-corrected chi connectivity index (χ2v) is 7.49. The van der Waals surface area contributed by atoms with E-state index in [0.29, 0.717) is 12.8 Å². The molecule has 1 saturated carbocycles. The largest absolute Gasteiger partial charge is 0.467 e. The number of thiophene rings is 1. The molecule has 3 rings (SSSR count). The van der Waals surface area contributed by atoms with Crippen molar-refractivity contribution in [3.63, 3.8) is 0 Å². The molecule has 0 aliphatic heterocycles. The maximum atomic E-state index is 12.6. The van der Waals surface area contributed by atoms with Crippen LogP contribution in [0.15, 0.2) is 6.07 Å².